The molecule has 3 rings (SSSR count). The van der Waals surface area contributed by atoms with Gasteiger partial charge in [0, 0.05) is 27.1 Å². The van der Waals surface area contributed by atoms with Crippen molar-refractivity contribution in [1.82, 2.24) is 5.43 Å². The van der Waals surface area contributed by atoms with Crippen molar-refractivity contribution in [2.45, 2.75) is 44.8 Å². The Morgan fingerprint density at radius 1 is 1.19 bits per heavy atom. The summed E-state index contributed by atoms with van der Waals surface area (Å²) in [6.45, 7) is 2.17. The van der Waals surface area contributed by atoms with Gasteiger partial charge in [-0.2, -0.15) is 16.9 Å². The summed E-state index contributed by atoms with van der Waals surface area (Å²) in [7, 11) is 0. The number of nitrogens with one attached hydrogen (secondary N) is 1. The van der Waals surface area contributed by atoms with E-state index in [0.717, 1.165) is 53.3 Å². The minimum absolute atomic E-state index is 0.0412. The van der Waals surface area contributed by atoms with E-state index in [-0.39, 0.29) is 11.8 Å². The molecule has 3 nitrogen and oxygen atoms in total. The van der Waals surface area contributed by atoms with E-state index in [2.05, 4.69) is 29.6 Å². The fraction of sp³-hybridized carbons (Fsp3) is 0.429. The topological polar surface area (TPSA) is 41.5 Å². The lowest BCUT2D eigenvalue weighted by molar-refractivity contribution is -0.125. The van der Waals surface area contributed by atoms with E-state index >= 15 is 0 Å². The molecule has 27 heavy (non-hydrogen) atoms. The third-order valence-corrected chi connectivity index (χ3v) is 7.17. The fourth-order valence-electron chi connectivity index (χ4n) is 3.22. The Labute approximate surface area is 174 Å². The lowest BCUT2D eigenvalue weighted by atomic mass is 9.89. The van der Waals surface area contributed by atoms with Crippen LogP contribution in [0, 0.1) is 5.92 Å². The number of hydrazone groups is 1. The van der Waals surface area contributed by atoms with Crippen molar-refractivity contribution in [1.29, 1.82) is 0 Å². The second-order valence-corrected chi connectivity index (χ2v) is 9.56. The first-order valence-electron chi connectivity index (χ1n) is 9.47. The van der Waals surface area contributed by atoms with Gasteiger partial charge in [0.15, 0.2) is 0 Å². The van der Waals surface area contributed by atoms with E-state index in [1.807, 2.05) is 36.0 Å². The Morgan fingerprint density at radius 2 is 1.93 bits per heavy atom. The molecule has 2 aromatic rings. The number of rotatable bonds is 7. The van der Waals surface area contributed by atoms with Gasteiger partial charge in [-0.1, -0.05) is 49.9 Å². The Morgan fingerprint density at radius 3 is 2.63 bits per heavy atom. The normalized spacial score (nSPS) is 15.7. The molecule has 6 heteroatoms. The van der Waals surface area contributed by atoms with Crippen LogP contribution in [0.25, 0.3) is 0 Å². The molecule has 1 aliphatic carbocycles. The second-order valence-electron chi connectivity index (χ2n) is 6.68. The van der Waals surface area contributed by atoms with Gasteiger partial charge in [0.25, 0.3) is 0 Å². The van der Waals surface area contributed by atoms with Crippen LogP contribution >= 0.6 is 34.7 Å². The van der Waals surface area contributed by atoms with Gasteiger partial charge in [-0.15, -0.1) is 11.3 Å². The molecule has 144 valence electrons. The van der Waals surface area contributed by atoms with Gasteiger partial charge < -0.3 is 0 Å². The van der Waals surface area contributed by atoms with E-state index < -0.39 is 0 Å². The number of thiophene rings is 1. The van der Waals surface area contributed by atoms with Gasteiger partial charge >= 0.3 is 0 Å². The van der Waals surface area contributed by atoms with Crippen molar-refractivity contribution >= 4 is 46.3 Å². The summed E-state index contributed by atoms with van der Waals surface area (Å²) in [5, 5.41) is 5.23. The van der Waals surface area contributed by atoms with Crippen LogP contribution < -0.4 is 5.43 Å². The van der Waals surface area contributed by atoms with Crippen LogP contribution in [-0.2, 0) is 10.5 Å². The zero-order chi connectivity index (χ0) is 19.1. The standard InChI is InChI=1S/C21H25ClN2OS2/c1-2-26-14-18-12-13-19(27-18)20(15-8-10-17(22)11-9-15)23-24-21(25)16-6-4-3-5-7-16/h8-13,16H,2-7,14H2,1H3,(H,24,25). The van der Waals surface area contributed by atoms with E-state index in [9.17, 15) is 4.79 Å². The number of nitrogens with zero attached hydrogens (tertiary/aromatic N) is 1. The molecular weight excluding hydrogens is 396 g/mol. The number of carbonyl (C=O) groups is 1. The smallest absolute Gasteiger partial charge is 0.243 e. The highest BCUT2D eigenvalue weighted by Crippen LogP contribution is 2.26. The largest absolute Gasteiger partial charge is 0.273 e. The van der Waals surface area contributed by atoms with Crippen molar-refractivity contribution in [3.63, 3.8) is 0 Å². The molecule has 1 saturated carbocycles. The van der Waals surface area contributed by atoms with Gasteiger partial charge in [-0.25, -0.2) is 5.43 Å². The van der Waals surface area contributed by atoms with Crippen LogP contribution in [0.2, 0.25) is 5.02 Å². The predicted octanol–water partition coefficient (Wildman–Crippen LogP) is 6.10. The third-order valence-electron chi connectivity index (χ3n) is 4.72. The summed E-state index contributed by atoms with van der Waals surface area (Å²) in [6.07, 6.45) is 5.44. The molecule has 0 spiro atoms. The minimum Gasteiger partial charge on any atom is -0.273 e. The summed E-state index contributed by atoms with van der Waals surface area (Å²) < 4.78 is 0. The van der Waals surface area contributed by atoms with Gasteiger partial charge in [-0.3, -0.25) is 4.79 Å². The van der Waals surface area contributed by atoms with Crippen molar-refractivity contribution in [2.75, 3.05) is 5.75 Å². The van der Waals surface area contributed by atoms with E-state index in [1.165, 1.54) is 11.3 Å². The predicted molar refractivity (Wildman–Crippen MR) is 118 cm³/mol. The highest BCUT2D eigenvalue weighted by Gasteiger charge is 2.21. The van der Waals surface area contributed by atoms with Crippen molar-refractivity contribution < 1.29 is 4.79 Å². The summed E-state index contributed by atoms with van der Waals surface area (Å²) in [5.74, 6) is 2.24. The van der Waals surface area contributed by atoms with Crippen LogP contribution in [0.5, 0.6) is 0 Å². The maximum absolute atomic E-state index is 12.5. The molecular formula is C21H25ClN2OS2. The summed E-state index contributed by atoms with van der Waals surface area (Å²) in [5.41, 5.74) is 4.59. The summed E-state index contributed by atoms with van der Waals surface area (Å²) in [6, 6.07) is 11.9. The monoisotopic (exact) mass is 420 g/mol. The molecule has 0 radical (unpaired) electrons. The maximum atomic E-state index is 12.5. The molecule has 1 fully saturated rings. The van der Waals surface area contributed by atoms with Crippen molar-refractivity contribution in [3.05, 3.63) is 56.7 Å². The fourth-order valence-corrected chi connectivity index (χ4v) is 5.15. The third kappa shape index (κ3) is 5.84. The Balaban J connectivity index is 1.81. The number of thioether (sulfide) groups is 1. The lowest BCUT2D eigenvalue weighted by Crippen LogP contribution is -2.29. The summed E-state index contributed by atoms with van der Waals surface area (Å²) in [4.78, 5) is 14.9. The first-order chi connectivity index (χ1) is 13.2. The number of carbonyl (C=O) groups excluding carboxylic acids is 1. The van der Waals surface area contributed by atoms with Crippen molar-refractivity contribution in [2.24, 2.45) is 11.0 Å². The van der Waals surface area contributed by atoms with Crippen LogP contribution in [0.3, 0.4) is 0 Å². The van der Waals surface area contributed by atoms with Gasteiger partial charge in [0.2, 0.25) is 5.91 Å². The minimum atomic E-state index is 0.0412. The van der Waals surface area contributed by atoms with Gasteiger partial charge in [0.1, 0.15) is 5.71 Å². The average molecular weight is 421 g/mol. The van der Waals surface area contributed by atoms with Gasteiger partial charge in [0.05, 0.1) is 4.88 Å². The highest BCUT2D eigenvalue weighted by molar-refractivity contribution is 7.98. The average Bonchev–Trinajstić information content (AvgIpc) is 3.17. The van der Waals surface area contributed by atoms with E-state index in [1.54, 1.807) is 11.3 Å². The maximum Gasteiger partial charge on any atom is 0.243 e. The molecule has 0 aliphatic heterocycles. The van der Waals surface area contributed by atoms with Crippen molar-refractivity contribution in [3.8, 4) is 0 Å². The molecule has 1 heterocycles. The molecule has 1 N–H and O–H groups in total. The molecule has 0 atom stereocenters. The molecule has 1 aromatic heterocycles. The highest BCUT2D eigenvalue weighted by atomic mass is 35.5. The molecule has 1 aliphatic rings. The molecule has 1 amide bonds. The molecule has 1 aromatic carbocycles. The SMILES string of the molecule is CCSCc1ccc(C(=NNC(=O)C2CCCCC2)c2ccc(Cl)cc2)s1. The van der Waals surface area contributed by atoms with Crippen LogP contribution in [-0.4, -0.2) is 17.4 Å². The molecule has 0 saturated heterocycles. The Hall–Kier alpha value is -1.30. The lowest BCUT2D eigenvalue weighted by Gasteiger charge is -2.19. The first-order valence-corrected chi connectivity index (χ1v) is 11.8. The molecule has 0 unspecified atom stereocenters. The number of benzene rings is 1. The van der Waals surface area contributed by atoms with Crippen LogP contribution in [0.1, 0.15) is 54.3 Å². The number of halogens is 1. The quantitative estimate of drug-likeness (QED) is 0.434. The number of hydrogen-bond donors (Lipinski definition) is 1. The second kappa shape index (κ2) is 10.3. The zero-order valence-corrected chi connectivity index (χ0v) is 17.9. The zero-order valence-electron chi connectivity index (χ0n) is 15.5. The van der Waals surface area contributed by atoms with Crippen LogP contribution in [0.4, 0.5) is 0 Å². The number of hydrogen-bond acceptors (Lipinski definition) is 4. The number of amides is 1. The Kier molecular flexibility index (Phi) is 7.80. The van der Waals surface area contributed by atoms with Crippen LogP contribution in [0.15, 0.2) is 41.5 Å². The van der Waals surface area contributed by atoms with E-state index in [0.29, 0.717) is 5.02 Å². The first kappa shape index (κ1) is 20.4. The Bertz CT molecular complexity index is 780. The summed E-state index contributed by atoms with van der Waals surface area (Å²) >= 11 is 9.68. The molecule has 0 bridgehead atoms. The van der Waals surface area contributed by atoms with Gasteiger partial charge in [-0.05, 0) is 42.9 Å². The van der Waals surface area contributed by atoms with E-state index in [4.69, 9.17) is 11.6 Å².